The Labute approximate surface area is 197 Å². The number of morpholine rings is 1. The number of nitrogens with one attached hydrogen (secondary N) is 1. The van der Waals surface area contributed by atoms with Gasteiger partial charge in [-0.05, 0) is 61.6 Å². The summed E-state index contributed by atoms with van der Waals surface area (Å²) < 4.78 is 72.5. The van der Waals surface area contributed by atoms with Crippen LogP contribution in [-0.2, 0) is 21.3 Å². The highest BCUT2D eigenvalue weighted by Crippen LogP contribution is 2.43. The third-order valence-electron chi connectivity index (χ3n) is 5.93. The lowest BCUT2D eigenvalue weighted by molar-refractivity contribution is -0.137. The Bertz CT molecular complexity index is 947. The fourth-order valence-corrected chi connectivity index (χ4v) is 4.32. The molecule has 2 N–H and O–H groups in total. The molecule has 0 aliphatic carbocycles. The Balaban J connectivity index is 2.16. The summed E-state index contributed by atoms with van der Waals surface area (Å²) in [5.41, 5.74) is -2.54. The molecule has 0 amide bonds. The molecular weight excluding hydrogens is 454 g/mol. The molecule has 1 fully saturated rings. The van der Waals surface area contributed by atoms with Crippen LogP contribution in [0.2, 0.25) is 0 Å². The third kappa shape index (κ3) is 6.07. The van der Waals surface area contributed by atoms with E-state index in [1.165, 1.54) is 18.2 Å². The first-order valence-corrected chi connectivity index (χ1v) is 11.4. The van der Waals surface area contributed by atoms with Crippen molar-refractivity contribution in [3.8, 4) is 16.9 Å². The highest BCUT2D eigenvalue weighted by molar-refractivity contribution is 5.72. The van der Waals surface area contributed by atoms with Crippen LogP contribution in [0.25, 0.3) is 11.1 Å². The molecule has 34 heavy (non-hydrogen) atoms. The first kappa shape index (κ1) is 26.4. The quantitative estimate of drug-likeness (QED) is 0.370. The molecule has 0 radical (unpaired) electrons. The molecule has 1 aliphatic rings. The maximum absolute atomic E-state index is 15.3. The van der Waals surface area contributed by atoms with E-state index in [2.05, 4.69) is 5.32 Å². The van der Waals surface area contributed by atoms with Crippen molar-refractivity contribution in [2.75, 3.05) is 40.0 Å². The number of unbranched alkanes of at least 4 members (excludes halogenated alkanes) is 1. The Morgan fingerprint density at radius 3 is 2.62 bits per heavy atom. The Kier molecular flexibility index (Phi) is 8.92. The molecule has 2 aromatic carbocycles. The van der Waals surface area contributed by atoms with Crippen LogP contribution in [0.15, 0.2) is 36.4 Å². The van der Waals surface area contributed by atoms with E-state index in [9.17, 15) is 18.3 Å². The van der Waals surface area contributed by atoms with Gasteiger partial charge in [-0.3, -0.25) is 0 Å². The number of benzene rings is 2. The van der Waals surface area contributed by atoms with Gasteiger partial charge in [0.2, 0.25) is 0 Å². The topological polar surface area (TPSA) is 60.0 Å². The second-order valence-corrected chi connectivity index (χ2v) is 8.28. The van der Waals surface area contributed by atoms with Gasteiger partial charge in [-0.25, -0.2) is 4.39 Å². The normalized spacial score (nSPS) is 18.5. The zero-order chi connectivity index (χ0) is 24.8. The summed E-state index contributed by atoms with van der Waals surface area (Å²) in [4.78, 5) is 0. The molecular formula is C25H31F4NO4. The van der Waals surface area contributed by atoms with Crippen LogP contribution in [0.4, 0.5) is 17.6 Å². The van der Waals surface area contributed by atoms with Gasteiger partial charge < -0.3 is 24.6 Å². The smallest absolute Gasteiger partial charge is 0.416 e. The Morgan fingerprint density at radius 2 is 1.97 bits per heavy atom. The van der Waals surface area contributed by atoms with Crippen LogP contribution < -0.4 is 10.1 Å². The van der Waals surface area contributed by atoms with Crippen molar-refractivity contribution < 1.29 is 36.9 Å². The molecule has 9 heteroatoms. The number of hydrogen-bond acceptors (Lipinski definition) is 5. The maximum Gasteiger partial charge on any atom is 0.416 e. The van der Waals surface area contributed by atoms with Crippen molar-refractivity contribution >= 4 is 0 Å². The Hall–Kier alpha value is -2.20. The summed E-state index contributed by atoms with van der Waals surface area (Å²) in [5, 5.41) is 15.1. The number of halogens is 4. The van der Waals surface area contributed by atoms with Crippen LogP contribution in [-0.4, -0.2) is 51.2 Å². The molecule has 2 aromatic rings. The van der Waals surface area contributed by atoms with Crippen LogP contribution in [0.1, 0.15) is 37.3 Å². The predicted octanol–water partition coefficient (Wildman–Crippen LogP) is 4.90. The number of hydrogen-bond donors (Lipinski definition) is 2. The number of aliphatic hydroxyl groups is 1. The standard InChI is InChI=1S/C25H31F4NO4/c1-3-33-19-14-17(13-18(15-19)25(27,28)29)23-20(7-6-8-21(23)26)24(31,9-4-5-11-32-2)22-16-30-10-12-34-22/h6-8,13-15,22,30-31H,3-5,9-12,16H2,1-2H3/t22-,24-/m1/s1. The van der Waals surface area contributed by atoms with Gasteiger partial charge in [0.15, 0.2) is 0 Å². The minimum atomic E-state index is -4.65. The Morgan fingerprint density at radius 1 is 1.18 bits per heavy atom. The van der Waals surface area contributed by atoms with Gasteiger partial charge in [-0.15, -0.1) is 0 Å². The molecule has 0 aromatic heterocycles. The third-order valence-corrected chi connectivity index (χ3v) is 5.93. The molecule has 1 saturated heterocycles. The molecule has 0 bridgehead atoms. The summed E-state index contributed by atoms with van der Waals surface area (Å²) in [6.07, 6.45) is -3.94. The van der Waals surface area contributed by atoms with Crippen molar-refractivity contribution in [2.24, 2.45) is 0 Å². The molecule has 1 heterocycles. The lowest BCUT2D eigenvalue weighted by atomic mass is 9.78. The van der Waals surface area contributed by atoms with E-state index in [-0.39, 0.29) is 35.5 Å². The minimum Gasteiger partial charge on any atom is -0.494 e. The zero-order valence-corrected chi connectivity index (χ0v) is 19.4. The van der Waals surface area contributed by atoms with Crippen LogP contribution in [0, 0.1) is 5.82 Å². The van der Waals surface area contributed by atoms with Gasteiger partial charge in [0, 0.05) is 32.4 Å². The molecule has 2 atom stereocenters. The van der Waals surface area contributed by atoms with Crippen LogP contribution in [0.5, 0.6) is 5.75 Å². The largest absolute Gasteiger partial charge is 0.494 e. The van der Waals surface area contributed by atoms with Crippen molar-refractivity contribution in [2.45, 2.75) is 44.1 Å². The molecule has 0 spiro atoms. The summed E-state index contributed by atoms with van der Waals surface area (Å²) in [7, 11) is 1.58. The van der Waals surface area contributed by atoms with E-state index < -0.39 is 29.3 Å². The van der Waals surface area contributed by atoms with Gasteiger partial charge in [0.05, 0.1) is 18.8 Å². The molecule has 1 aliphatic heterocycles. The van der Waals surface area contributed by atoms with E-state index in [4.69, 9.17) is 14.2 Å². The van der Waals surface area contributed by atoms with E-state index >= 15 is 4.39 Å². The molecule has 5 nitrogen and oxygen atoms in total. The van der Waals surface area contributed by atoms with Crippen LogP contribution in [0.3, 0.4) is 0 Å². The SMILES string of the molecule is CCOc1cc(-c2c(F)cccc2[C@](O)(CCCCOC)[C@H]2CNCCO2)cc(C(F)(F)F)c1. The van der Waals surface area contributed by atoms with Gasteiger partial charge >= 0.3 is 6.18 Å². The summed E-state index contributed by atoms with van der Waals surface area (Å²) in [6.45, 7) is 3.58. The van der Waals surface area contributed by atoms with Crippen molar-refractivity contribution in [3.05, 3.63) is 53.3 Å². The van der Waals surface area contributed by atoms with E-state index in [1.54, 1.807) is 20.1 Å². The van der Waals surface area contributed by atoms with Gasteiger partial charge in [0.25, 0.3) is 0 Å². The fourth-order valence-electron chi connectivity index (χ4n) is 4.32. The monoisotopic (exact) mass is 485 g/mol. The minimum absolute atomic E-state index is 0.0227. The first-order valence-electron chi connectivity index (χ1n) is 11.4. The maximum atomic E-state index is 15.3. The van der Waals surface area contributed by atoms with Crippen molar-refractivity contribution in [3.63, 3.8) is 0 Å². The number of rotatable bonds is 10. The molecule has 3 rings (SSSR count). The zero-order valence-electron chi connectivity index (χ0n) is 19.4. The summed E-state index contributed by atoms with van der Waals surface area (Å²) >= 11 is 0. The van der Waals surface area contributed by atoms with Gasteiger partial charge in [0.1, 0.15) is 23.3 Å². The van der Waals surface area contributed by atoms with E-state index in [0.29, 0.717) is 39.1 Å². The first-order chi connectivity index (χ1) is 16.2. The molecule has 188 valence electrons. The summed E-state index contributed by atoms with van der Waals surface area (Å²) in [6, 6.07) is 7.31. The number of methoxy groups -OCH3 is 1. The van der Waals surface area contributed by atoms with Crippen LogP contribution >= 0.6 is 0 Å². The van der Waals surface area contributed by atoms with Gasteiger partial charge in [-0.2, -0.15) is 13.2 Å². The molecule has 0 unspecified atom stereocenters. The average molecular weight is 486 g/mol. The lowest BCUT2D eigenvalue weighted by Gasteiger charge is -2.40. The van der Waals surface area contributed by atoms with E-state index in [1.807, 2.05) is 0 Å². The second-order valence-electron chi connectivity index (χ2n) is 8.28. The second kappa shape index (κ2) is 11.5. The fraction of sp³-hybridized carbons (Fsp3) is 0.520. The highest BCUT2D eigenvalue weighted by Gasteiger charge is 2.42. The summed E-state index contributed by atoms with van der Waals surface area (Å²) in [5.74, 6) is -0.765. The van der Waals surface area contributed by atoms with E-state index in [0.717, 1.165) is 12.1 Å². The number of alkyl halides is 3. The predicted molar refractivity (Wildman–Crippen MR) is 120 cm³/mol. The van der Waals surface area contributed by atoms with Gasteiger partial charge in [-0.1, -0.05) is 12.1 Å². The van der Waals surface area contributed by atoms with Crippen molar-refractivity contribution in [1.82, 2.24) is 5.32 Å². The average Bonchev–Trinajstić information content (AvgIpc) is 2.81. The number of ether oxygens (including phenoxy) is 3. The molecule has 0 saturated carbocycles. The lowest BCUT2D eigenvalue weighted by Crippen LogP contribution is -2.51. The van der Waals surface area contributed by atoms with Crippen molar-refractivity contribution in [1.29, 1.82) is 0 Å². The highest BCUT2D eigenvalue weighted by atomic mass is 19.4.